The van der Waals surface area contributed by atoms with Crippen LogP contribution in [0.2, 0.25) is 4.34 Å². The predicted octanol–water partition coefficient (Wildman–Crippen LogP) is 3.14. The maximum atomic E-state index is 8.67. The topological polar surface area (TPSA) is 70.6 Å². The van der Waals surface area contributed by atoms with Gasteiger partial charge in [0.25, 0.3) is 0 Å². The molecule has 0 atom stereocenters. The third-order valence-corrected chi connectivity index (χ3v) is 4.53. The minimum Gasteiger partial charge on any atom is -0.409 e. The van der Waals surface area contributed by atoms with Gasteiger partial charge >= 0.3 is 0 Å². The number of rotatable bonds is 6. The van der Waals surface area contributed by atoms with Gasteiger partial charge in [-0.2, -0.15) is 0 Å². The van der Waals surface area contributed by atoms with Gasteiger partial charge in [-0.05, 0) is 42.7 Å². The fraction of sp³-hybridized carbons (Fsp3) is 0.267. The molecule has 0 radical (unpaired) electrons. The van der Waals surface area contributed by atoms with Crippen molar-refractivity contribution in [1.29, 1.82) is 0 Å². The number of nitrogens with one attached hydrogen (secondary N) is 1. The minimum atomic E-state index is 0.132. The lowest BCUT2D eigenvalue weighted by Crippen LogP contribution is -2.18. The lowest BCUT2D eigenvalue weighted by Gasteiger charge is -2.09. The van der Waals surface area contributed by atoms with E-state index in [1.165, 1.54) is 10.4 Å². The molecule has 2 rings (SSSR count). The number of hydrogen-bond donors (Lipinski definition) is 3. The van der Waals surface area contributed by atoms with E-state index in [9.17, 15) is 0 Å². The Kier molecular flexibility index (Phi) is 5.61. The molecule has 1 aromatic heterocycles. The molecule has 1 aromatic carbocycles. The smallest absolute Gasteiger partial charge is 0.170 e. The van der Waals surface area contributed by atoms with Crippen LogP contribution in [0.5, 0.6) is 0 Å². The second-order valence-corrected chi connectivity index (χ2v) is 6.56. The number of halogens is 1. The summed E-state index contributed by atoms with van der Waals surface area (Å²) in [6, 6.07) is 9.77. The number of nitrogens with two attached hydrogens (primary N) is 1. The first-order chi connectivity index (χ1) is 10.1. The Balaban J connectivity index is 1.86. The molecule has 0 amide bonds. The van der Waals surface area contributed by atoms with Crippen LogP contribution in [-0.2, 0) is 13.0 Å². The van der Waals surface area contributed by atoms with Crippen LogP contribution in [0.4, 0.5) is 0 Å². The van der Waals surface area contributed by atoms with Crippen LogP contribution in [0.15, 0.2) is 35.5 Å². The summed E-state index contributed by atoms with van der Waals surface area (Å²) in [6.45, 7) is 3.71. The highest BCUT2D eigenvalue weighted by Gasteiger charge is 2.04. The molecule has 6 heteroatoms. The molecule has 0 aliphatic carbocycles. The van der Waals surface area contributed by atoms with Crippen LogP contribution < -0.4 is 11.1 Å². The van der Waals surface area contributed by atoms with E-state index in [1.807, 2.05) is 31.2 Å². The van der Waals surface area contributed by atoms with Crippen LogP contribution in [0, 0.1) is 6.92 Å². The Morgan fingerprint density at radius 3 is 2.81 bits per heavy atom. The molecule has 21 heavy (non-hydrogen) atoms. The van der Waals surface area contributed by atoms with Crippen molar-refractivity contribution in [2.24, 2.45) is 10.9 Å². The van der Waals surface area contributed by atoms with Crippen molar-refractivity contribution in [3.8, 4) is 0 Å². The SMILES string of the molecule is Cc1cc(/C(N)=N/O)ccc1CNCCc1ccc(Cl)s1. The number of nitrogens with zero attached hydrogens (tertiary/aromatic N) is 1. The molecule has 0 bridgehead atoms. The first-order valence-corrected chi connectivity index (χ1v) is 7.82. The fourth-order valence-electron chi connectivity index (χ4n) is 2.03. The molecule has 2 aromatic rings. The van der Waals surface area contributed by atoms with E-state index in [1.54, 1.807) is 11.3 Å². The molecule has 0 spiro atoms. The molecule has 4 nitrogen and oxygen atoms in total. The molecule has 112 valence electrons. The average molecular weight is 324 g/mol. The van der Waals surface area contributed by atoms with Gasteiger partial charge in [0, 0.05) is 23.5 Å². The van der Waals surface area contributed by atoms with Crippen molar-refractivity contribution in [2.45, 2.75) is 19.9 Å². The molecule has 0 saturated carbocycles. The van der Waals surface area contributed by atoms with Gasteiger partial charge in [0.1, 0.15) is 0 Å². The largest absolute Gasteiger partial charge is 0.409 e. The molecule has 4 N–H and O–H groups in total. The number of oxime groups is 1. The highest BCUT2D eigenvalue weighted by atomic mass is 35.5. The highest BCUT2D eigenvalue weighted by molar-refractivity contribution is 7.16. The second kappa shape index (κ2) is 7.45. The van der Waals surface area contributed by atoms with Crippen LogP contribution in [0.25, 0.3) is 0 Å². The first-order valence-electron chi connectivity index (χ1n) is 6.62. The average Bonchev–Trinajstić information content (AvgIpc) is 2.89. The fourth-order valence-corrected chi connectivity index (χ4v) is 3.12. The van der Waals surface area contributed by atoms with Crippen molar-refractivity contribution in [1.82, 2.24) is 5.32 Å². The number of thiophene rings is 1. The van der Waals surface area contributed by atoms with E-state index in [2.05, 4.69) is 16.5 Å². The van der Waals surface area contributed by atoms with Gasteiger partial charge in [0.05, 0.1) is 4.34 Å². The molecule has 0 saturated heterocycles. The van der Waals surface area contributed by atoms with Gasteiger partial charge in [-0.25, -0.2) is 0 Å². The van der Waals surface area contributed by atoms with Gasteiger partial charge in [-0.3, -0.25) is 0 Å². The zero-order chi connectivity index (χ0) is 15.2. The zero-order valence-electron chi connectivity index (χ0n) is 11.8. The van der Waals surface area contributed by atoms with Crippen LogP contribution in [0.3, 0.4) is 0 Å². The van der Waals surface area contributed by atoms with Gasteiger partial charge in [-0.1, -0.05) is 28.9 Å². The van der Waals surface area contributed by atoms with Crippen molar-refractivity contribution in [3.63, 3.8) is 0 Å². The summed E-state index contributed by atoms with van der Waals surface area (Å²) in [5, 5.41) is 15.1. The van der Waals surface area contributed by atoms with E-state index in [0.717, 1.165) is 35.0 Å². The minimum absolute atomic E-state index is 0.132. The Morgan fingerprint density at radius 2 is 2.19 bits per heavy atom. The zero-order valence-corrected chi connectivity index (χ0v) is 13.3. The summed E-state index contributed by atoms with van der Waals surface area (Å²) in [5.41, 5.74) is 8.62. The maximum absolute atomic E-state index is 8.67. The van der Waals surface area contributed by atoms with E-state index < -0.39 is 0 Å². The van der Waals surface area contributed by atoms with Crippen LogP contribution in [0.1, 0.15) is 21.6 Å². The number of benzene rings is 1. The van der Waals surface area contributed by atoms with Gasteiger partial charge in [-0.15, -0.1) is 11.3 Å². The third-order valence-electron chi connectivity index (χ3n) is 3.24. The van der Waals surface area contributed by atoms with Crippen LogP contribution in [-0.4, -0.2) is 17.6 Å². The van der Waals surface area contributed by atoms with Crippen molar-refractivity contribution in [2.75, 3.05) is 6.54 Å². The highest BCUT2D eigenvalue weighted by Crippen LogP contribution is 2.21. The second-order valence-electron chi connectivity index (χ2n) is 4.76. The van der Waals surface area contributed by atoms with Gasteiger partial charge in [0.15, 0.2) is 5.84 Å². The normalized spacial score (nSPS) is 11.8. The van der Waals surface area contributed by atoms with Crippen LogP contribution >= 0.6 is 22.9 Å². The maximum Gasteiger partial charge on any atom is 0.170 e. The molecular weight excluding hydrogens is 306 g/mol. The third kappa shape index (κ3) is 4.46. The summed E-state index contributed by atoms with van der Waals surface area (Å²) >= 11 is 7.52. The van der Waals surface area contributed by atoms with Crippen molar-refractivity contribution >= 4 is 28.8 Å². The Hall–Kier alpha value is -1.56. The number of aryl methyl sites for hydroxylation is 1. The van der Waals surface area contributed by atoms with E-state index in [4.69, 9.17) is 22.5 Å². The lowest BCUT2D eigenvalue weighted by molar-refractivity contribution is 0.318. The summed E-state index contributed by atoms with van der Waals surface area (Å²) in [4.78, 5) is 1.28. The molecule has 0 aliphatic rings. The number of hydrogen-bond acceptors (Lipinski definition) is 4. The summed E-state index contributed by atoms with van der Waals surface area (Å²) < 4.78 is 0.833. The van der Waals surface area contributed by atoms with E-state index >= 15 is 0 Å². The van der Waals surface area contributed by atoms with E-state index in [0.29, 0.717) is 0 Å². The quantitative estimate of drug-likeness (QED) is 0.251. The molecular formula is C15H18ClN3OS. The van der Waals surface area contributed by atoms with Gasteiger partial charge in [0.2, 0.25) is 0 Å². The van der Waals surface area contributed by atoms with Crippen molar-refractivity contribution < 1.29 is 5.21 Å². The monoisotopic (exact) mass is 323 g/mol. The van der Waals surface area contributed by atoms with E-state index in [-0.39, 0.29) is 5.84 Å². The molecule has 0 fully saturated rings. The first kappa shape index (κ1) is 15.8. The summed E-state index contributed by atoms with van der Waals surface area (Å²) in [7, 11) is 0. The van der Waals surface area contributed by atoms with Crippen molar-refractivity contribution in [3.05, 3.63) is 56.2 Å². The molecule has 0 unspecified atom stereocenters. The summed E-state index contributed by atoms with van der Waals surface area (Å²) in [5.74, 6) is 0.132. The predicted molar refractivity (Wildman–Crippen MR) is 88.4 cm³/mol. The number of amidine groups is 1. The molecule has 0 aliphatic heterocycles. The Morgan fingerprint density at radius 1 is 1.38 bits per heavy atom. The molecule has 1 heterocycles. The summed E-state index contributed by atoms with van der Waals surface area (Å²) in [6.07, 6.45) is 0.971. The Labute approximate surface area is 133 Å². The van der Waals surface area contributed by atoms with Gasteiger partial charge < -0.3 is 16.3 Å². The lowest BCUT2D eigenvalue weighted by atomic mass is 10.0. The Bertz CT molecular complexity index is 640. The standard InChI is InChI=1S/C15H18ClN3OS/c1-10-8-11(15(17)19-20)2-3-12(10)9-18-7-6-13-4-5-14(16)21-13/h2-5,8,18,20H,6-7,9H2,1H3,(H2,17,19).